The summed E-state index contributed by atoms with van der Waals surface area (Å²) in [6.45, 7) is 6.70. The van der Waals surface area contributed by atoms with Gasteiger partial charge in [0, 0.05) is 49.5 Å². The van der Waals surface area contributed by atoms with Crippen LogP contribution in [-0.4, -0.2) is 86.5 Å². The van der Waals surface area contributed by atoms with Crippen molar-refractivity contribution in [1.82, 2.24) is 18.8 Å². The van der Waals surface area contributed by atoms with Gasteiger partial charge in [0.05, 0.1) is 17.8 Å². The third-order valence-electron chi connectivity index (χ3n) is 9.64. The Balaban J connectivity index is 1.12. The summed E-state index contributed by atoms with van der Waals surface area (Å²) < 4.78 is 17.5. The third-order valence-corrected chi connectivity index (χ3v) is 11.2. The lowest BCUT2D eigenvalue weighted by molar-refractivity contribution is -0.134. The molecule has 2 aliphatic carbocycles. The first kappa shape index (κ1) is 24.7. The molecular formula is C26H41N7O2S. The Kier molecular flexibility index (Phi) is 6.59. The zero-order valence-corrected chi connectivity index (χ0v) is 22.3. The van der Waals surface area contributed by atoms with Crippen LogP contribution < -0.4 is 11.1 Å². The van der Waals surface area contributed by atoms with Crippen molar-refractivity contribution in [3.8, 4) is 0 Å². The van der Waals surface area contributed by atoms with Crippen LogP contribution in [0.1, 0.15) is 71.1 Å². The van der Waals surface area contributed by atoms with Crippen LogP contribution >= 0.6 is 0 Å². The van der Waals surface area contributed by atoms with E-state index in [0.717, 1.165) is 95.5 Å². The molecule has 3 N–H and O–H groups in total. The summed E-state index contributed by atoms with van der Waals surface area (Å²) in [5.41, 5.74) is 6.46. The smallest absolute Gasteiger partial charge is 0.239 e. The van der Waals surface area contributed by atoms with Crippen molar-refractivity contribution in [3.63, 3.8) is 0 Å². The van der Waals surface area contributed by atoms with Crippen molar-refractivity contribution in [1.29, 1.82) is 0 Å². The molecule has 198 valence electrons. The van der Waals surface area contributed by atoms with Gasteiger partial charge in [-0.1, -0.05) is 13.3 Å². The number of rotatable bonds is 6. The predicted molar refractivity (Wildman–Crippen MR) is 142 cm³/mol. The Morgan fingerprint density at radius 2 is 1.86 bits per heavy atom. The van der Waals surface area contributed by atoms with E-state index >= 15 is 0 Å². The van der Waals surface area contributed by atoms with Crippen molar-refractivity contribution in [2.24, 2.45) is 27.1 Å². The number of piperidine rings is 1. The van der Waals surface area contributed by atoms with Gasteiger partial charge < -0.3 is 11.1 Å². The molecule has 2 spiro atoms. The van der Waals surface area contributed by atoms with E-state index in [0.29, 0.717) is 5.92 Å². The van der Waals surface area contributed by atoms with Gasteiger partial charge in [0.2, 0.25) is 5.91 Å². The summed E-state index contributed by atoms with van der Waals surface area (Å²) in [6, 6.07) is 0.391. The van der Waals surface area contributed by atoms with Crippen LogP contribution in [0.15, 0.2) is 21.4 Å². The Morgan fingerprint density at radius 3 is 2.50 bits per heavy atom. The molecule has 0 aromatic heterocycles. The first-order valence-electron chi connectivity index (χ1n) is 14.0. The normalized spacial score (nSPS) is 36.7. The second-order valence-electron chi connectivity index (χ2n) is 11.8. The monoisotopic (exact) mass is 515 g/mol. The van der Waals surface area contributed by atoms with Gasteiger partial charge in [0.15, 0.2) is 11.2 Å². The van der Waals surface area contributed by atoms with Gasteiger partial charge in [-0.3, -0.25) is 14.7 Å². The highest BCUT2D eigenvalue weighted by molar-refractivity contribution is 7.80. The summed E-state index contributed by atoms with van der Waals surface area (Å²) in [7, 11) is 0. The lowest BCUT2D eigenvalue weighted by atomic mass is 9.97. The van der Waals surface area contributed by atoms with Crippen LogP contribution in [0.4, 0.5) is 0 Å². The minimum Gasteiger partial charge on any atom is -0.390 e. The van der Waals surface area contributed by atoms with Crippen LogP contribution in [0, 0.1) is 11.3 Å². The molecule has 9 nitrogen and oxygen atoms in total. The molecule has 2 saturated carbocycles. The molecular weight excluding hydrogens is 474 g/mol. The number of amides is 1. The summed E-state index contributed by atoms with van der Waals surface area (Å²) >= 11 is -1.07. The number of carbonyl (C=O) groups excluding carboxylic acids is 1. The lowest BCUT2D eigenvalue weighted by Gasteiger charge is -2.32. The number of aliphatic imine (C=N–C) groups is 2. The van der Waals surface area contributed by atoms with Gasteiger partial charge >= 0.3 is 0 Å². The second-order valence-corrected chi connectivity index (χ2v) is 13.3. The van der Waals surface area contributed by atoms with Crippen LogP contribution in [0.3, 0.4) is 0 Å². The molecule has 0 aromatic carbocycles. The molecule has 4 atom stereocenters. The van der Waals surface area contributed by atoms with Crippen molar-refractivity contribution < 1.29 is 9.00 Å². The van der Waals surface area contributed by atoms with E-state index < -0.39 is 16.6 Å². The predicted octanol–water partition coefficient (Wildman–Crippen LogP) is 1.94. The highest BCUT2D eigenvalue weighted by Gasteiger charge is 2.62. The zero-order chi connectivity index (χ0) is 24.9. The minimum absolute atomic E-state index is 0.181. The van der Waals surface area contributed by atoms with Gasteiger partial charge in [-0.25, -0.2) is 17.8 Å². The van der Waals surface area contributed by atoms with Crippen molar-refractivity contribution in [2.75, 3.05) is 32.7 Å². The zero-order valence-electron chi connectivity index (χ0n) is 21.5. The molecule has 0 aromatic rings. The largest absolute Gasteiger partial charge is 0.390 e. The molecule has 1 amide bonds. The molecule has 4 heterocycles. The van der Waals surface area contributed by atoms with Gasteiger partial charge in [-0.05, 0) is 70.3 Å². The number of hydrogen-bond acceptors (Lipinski definition) is 5. The molecule has 4 aliphatic heterocycles. The number of nitrogens with two attached hydrogens (primary N) is 1. The Hall–Kier alpha value is -1.62. The van der Waals surface area contributed by atoms with Gasteiger partial charge in [0.25, 0.3) is 0 Å². The maximum Gasteiger partial charge on any atom is 0.239 e. The van der Waals surface area contributed by atoms with Crippen LogP contribution in [0.5, 0.6) is 0 Å². The average molecular weight is 516 g/mol. The topological polar surface area (TPSA) is 107 Å². The fourth-order valence-corrected chi connectivity index (χ4v) is 8.72. The molecule has 5 fully saturated rings. The summed E-state index contributed by atoms with van der Waals surface area (Å²) in [5, 5.41) is 3.66. The van der Waals surface area contributed by atoms with E-state index in [1.807, 2.05) is 11.1 Å². The fourth-order valence-electron chi connectivity index (χ4n) is 7.27. The van der Waals surface area contributed by atoms with Gasteiger partial charge in [-0.2, -0.15) is 0 Å². The maximum absolute atomic E-state index is 13.6. The SMILES string of the molecule is CC1CCCC1N1C(=O)C2(CC2)C(C=NC2CCN(S(=O)N3CCC4(CCCN4)C3)CC2)=C1/N=C/N. The summed E-state index contributed by atoms with van der Waals surface area (Å²) in [6.07, 6.45) is 13.6. The first-order chi connectivity index (χ1) is 17.5. The molecule has 6 aliphatic rings. The molecule has 10 heteroatoms. The average Bonchev–Trinajstić information content (AvgIpc) is 3.17. The van der Waals surface area contributed by atoms with Crippen molar-refractivity contribution in [2.45, 2.75) is 88.8 Å². The molecule has 6 rings (SSSR count). The van der Waals surface area contributed by atoms with Crippen molar-refractivity contribution in [3.05, 3.63) is 11.4 Å². The molecule has 4 unspecified atom stereocenters. The van der Waals surface area contributed by atoms with Crippen LogP contribution in [0.25, 0.3) is 0 Å². The van der Waals surface area contributed by atoms with Gasteiger partial charge in [0.1, 0.15) is 5.82 Å². The van der Waals surface area contributed by atoms with E-state index in [9.17, 15) is 9.00 Å². The minimum atomic E-state index is -1.07. The molecule has 36 heavy (non-hydrogen) atoms. The number of nitrogens with zero attached hydrogens (tertiary/aromatic N) is 5. The van der Waals surface area contributed by atoms with E-state index in [4.69, 9.17) is 10.7 Å². The lowest BCUT2D eigenvalue weighted by Crippen LogP contribution is -2.46. The molecule has 0 radical (unpaired) electrons. The third kappa shape index (κ3) is 4.18. The van der Waals surface area contributed by atoms with E-state index in [1.54, 1.807) is 0 Å². The number of carbonyl (C=O) groups is 1. The standard InChI is InChI=1S/C26H41N7O2S/c1-19-4-2-5-22(19)33-23(29-18-27)21(26(9-10-26)24(33)34)16-28-20-6-13-31(14-7-20)36(35)32-15-11-25(17-32)8-3-12-30-25/h16,18-20,22,30H,2-15,17H2,1H3,(H2,27,29). The second kappa shape index (κ2) is 9.60. The first-order valence-corrected chi connectivity index (χ1v) is 15.1. The Bertz CT molecular complexity index is 992. The van der Waals surface area contributed by atoms with Gasteiger partial charge in [-0.15, -0.1) is 0 Å². The Morgan fingerprint density at radius 1 is 1.06 bits per heavy atom. The Labute approximate surface area is 217 Å². The van der Waals surface area contributed by atoms with E-state index in [2.05, 4.69) is 25.8 Å². The van der Waals surface area contributed by atoms with E-state index in [-0.39, 0.29) is 23.5 Å². The number of nitrogens with one attached hydrogen (secondary N) is 1. The van der Waals surface area contributed by atoms with Crippen LogP contribution in [0.2, 0.25) is 0 Å². The van der Waals surface area contributed by atoms with Crippen LogP contribution in [-0.2, 0) is 16.0 Å². The maximum atomic E-state index is 13.6. The molecule has 3 saturated heterocycles. The van der Waals surface area contributed by atoms with Crippen molar-refractivity contribution >= 4 is 29.6 Å². The molecule has 0 bridgehead atoms. The summed E-state index contributed by atoms with van der Waals surface area (Å²) in [4.78, 5) is 25.0. The summed E-state index contributed by atoms with van der Waals surface area (Å²) in [5.74, 6) is 1.40. The number of hydrogen-bond donors (Lipinski definition) is 2. The highest BCUT2D eigenvalue weighted by Crippen LogP contribution is 2.59. The highest BCUT2D eigenvalue weighted by atomic mass is 32.2. The quantitative estimate of drug-likeness (QED) is 0.416. The van der Waals surface area contributed by atoms with E-state index in [1.165, 1.54) is 19.2 Å². The fraction of sp³-hybridized carbons (Fsp3) is 0.808.